The first-order valence-corrected chi connectivity index (χ1v) is 14.7. The zero-order chi connectivity index (χ0) is 32.4. The van der Waals surface area contributed by atoms with Crippen LogP contribution >= 0.6 is 23.2 Å². The molecule has 0 atom stereocenters. The van der Waals surface area contributed by atoms with E-state index < -0.39 is 17.7 Å². The molecular formula is C36H23Cl2F3N2O3. The normalized spacial score (nSPS) is 11.4. The Balaban J connectivity index is 1.23. The van der Waals surface area contributed by atoms with E-state index in [1.54, 1.807) is 54.6 Å². The van der Waals surface area contributed by atoms with Gasteiger partial charge >= 0.3 is 12.1 Å². The SMILES string of the molecule is O=C(O)c1ccc(-n2cc(-c3ccc(Cl)cc3Cl)nc2Cc2ccc(-c3ccc(Oc4cccc(C(F)(F)F)c4)cc3)cc2)cc1. The van der Waals surface area contributed by atoms with Gasteiger partial charge in [0.15, 0.2) is 0 Å². The van der Waals surface area contributed by atoms with Gasteiger partial charge in [-0.3, -0.25) is 0 Å². The molecule has 0 saturated heterocycles. The number of aromatic nitrogens is 2. The third kappa shape index (κ3) is 6.93. The molecule has 46 heavy (non-hydrogen) atoms. The summed E-state index contributed by atoms with van der Waals surface area (Å²) in [6.45, 7) is 0. The first-order chi connectivity index (χ1) is 22.0. The van der Waals surface area contributed by atoms with Crippen LogP contribution in [0.15, 0.2) is 121 Å². The van der Waals surface area contributed by atoms with Gasteiger partial charge in [-0.15, -0.1) is 0 Å². The standard InChI is InChI=1S/C36H23Cl2F3N2O3/c37-27-12-17-31(32(38)20-27)33-21-43(28-13-8-25(9-14-28)35(44)45)34(42-33)18-22-4-6-23(7-5-22)24-10-15-29(16-11-24)46-30-3-1-2-26(19-30)36(39,40)41/h1-17,19-21H,18H2,(H,44,45). The second-order valence-electron chi connectivity index (χ2n) is 10.4. The molecule has 0 aliphatic carbocycles. The zero-order valence-corrected chi connectivity index (χ0v) is 25.3. The van der Waals surface area contributed by atoms with Crippen LogP contribution in [0.5, 0.6) is 11.5 Å². The summed E-state index contributed by atoms with van der Waals surface area (Å²) in [6.07, 6.45) is -2.12. The third-order valence-corrected chi connectivity index (χ3v) is 7.83. The number of rotatable bonds is 8. The monoisotopic (exact) mass is 658 g/mol. The number of carbonyl (C=O) groups is 1. The van der Waals surface area contributed by atoms with Crippen LogP contribution in [0.4, 0.5) is 13.2 Å². The summed E-state index contributed by atoms with van der Waals surface area (Å²) >= 11 is 12.6. The van der Waals surface area contributed by atoms with Gasteiger partial charge in [0.2, 0.25) is 0 Å². The van der Waals surface area contributed by atoms with E-state index in [0.717, 1.165) is 34.5 Å². The Kier molecular flexibility index (Phi) is 8.58. The Morgan fingerprint density at radius 3 is 2.11 bits per heavy atom. The Hall–Kier alpha value is -5.05. The van der Waals surface area contributed by atoms with Crippen molar-refractivity contribution in [2.24, 2.45) is 0 Å². The maximum Gasteiger partial charge on any atom is 0.416 e. The fourth-order valence-corrected chi connectivity index (χ4v) is 5.45. The molecule has 10 heteroatoms. The second kappa shape index (κ2) is 12.7. The molecule has 5 aromatic carbocycles. The number of carboxylic acids is 1. The predicted octanol–water partition coefficient (Wildman–Crippen LogP) is 10.6. The smallest absolute Gasteiger partial charge is 0.416 e. The molecule has 0 saturated carbocycles. The minimum absolute atomic E-state index is 0.101. The number of hydrogen-bond acceptors (Lipinski definition) is 3. The van der Waals surface area contributed by atoms with Crippen molar-refractivity contribution in [1.82, 2.24) is 9.55 Å². The third-order valence-electron chi connectivity index (χ3n) is 7.28. The van der Waals surface area contributed by atoms with Crippen molar-refractivity contribution in [3.63, 3.8) is 0 Å². The van der Waals surface area contributed by atoms with Crippen LogP contribution in [0.2, 0.25) is 10.0 Å². The lowest BCUT2D eigenvalue weighted by molar-refractivity contribution is -0.137. The first-order valence-electron chi connectivity index (χ1n) is 14.0. The van der Waals surface area contributed by atoms with E-state index in [0.29, 0.717) is 39.3 Å². The lowest BCUT2D eigenvalue weighted by Gasteiger charge is -2.11. The highest BCUT2D eigenvalue weighted by Crippen LogP contribution is 2.34. The number of nitrogens with zero attached hydrogens (tertiary/aromatic N) is 2. The highest BCUT2D eigenvalue weighted by molar-refractivity contribution is 6.36. The number of benzene rings is 5. The van der Waals surface area contributed by atoms with Gasteiger partial charge in [-0.25, -0.2) is 9.78 Å². The largest absolute Gasteiger partial charge is 0.478 e. The van der Waals surface area contributed by atoms with Crippen molar-refractivity contribution < 1.29 is 27.8 Å². The van der Waals surface area contributed by atoms with Crippen LogP contribution in [0.25, 0.3) is 28.1 Å². The number of carboxylic acid groups (broad SMARTS) is 1. The Bertz CT molecular complexity index is 2020. The Labute approximate surface area is 272 Å². The Morgan fingerprint density at radius 2 is 1.48 bits per heavy atom. The summed E-state index contributed by atoms with van der Waals surface area (Å²) in [6, 6.07) is 31.5. The number of aromatic carboxylic acids is 1. The summed E-state index contributed by atoms with van der Waals surface area (Å²) in [5.74, 6) is 0.223. The molecule has 0 amide bonds. The molecule has 0 aliphatic heterocycles. The van der Waals surface area contributed by atoms with E-state index in [9.17, 15) is 23.1 Å². The first kappa shape index (κ1) is 31.0. The molecule has 6 rings (SSSR count). The second-order valence-corrected chi connectivity index (χ2v) is 11.3. The van der Waals surface area contributed by atoms with Crippen molar-refractivity contribution in [1.29, 1.82) is 0 Å². The van der Waals surface area contributed by atoms with Gasteiger partial charge < -0.3 is 14.4 Å². The molecule has 5 nitrogen and oxygen atoms in total. The van der Waals surface area contributed by atoms with Gasteiger partial charge in [-0.1, -0.05) is 65.7 Å². The molecule has 1 N–H and O–H groups in total. The van der Waals surface area contributed by atoms with Gasteiger partial charge in [0.1, 0.15) is 17.3 Å². The minimum atomic E-state index is -4.45. The molecule has 0 spiro atoms. The molecule has 0 unspecified atom stereocenters. The van der Waals surface area contributed by atoms with Crippen LogP contribution in [0.3, 0.4) is 0 Å². The Morgan fingerprint density at radius 1 is 0.804 bits per heavy atom. The molecule has 230 valence electrons. The summed E-state index contributed by atoms with van der Waals surface area (Å²) in [5.41, 5.74) is 4.33. The van der Waals surface area contributed by atoms with E-state index >= 15 is 0 Å². The maximum atomic E-state index is 13.0. The van der Waals surface area contributed by atoms with Gasteiger partial charge in [0.05, 0.1) is 21.8 Å². The van der Waals surface area contributed by atoms with Crippen molar-refractivity contribution in [3.05, 3.63) is 154 Å². The average Bonchev–Trinajstić information content (AvgIpc) is 3.45. The van der Waals surface area contributed by atoms with Crippen LogP contribution in [0, 0.1) is 0 Å². The highest BCUT2D eigenvalue weighted by atomic mass is 35.5. The van der Waals surface area contributed by atoms with Crippen molar-refractivity contribution in [3.8, 4) is 39.6 Å². The maximum absolute atomic E-state index is 13.0. The topological polar surface area (TPSA) is 64.3 Å². The lowest BCUT2D eigenvalue weighted by atomic mass is 10.0. The molecular weight excluding hydrogens is 636 g/mol. The summed E-state index contributed by atoms with van der Waals surface area (Å²) in [4.78, 5) is 16.3. The number of alkyl halides is 3. The lowest BCUT2D eigenvalue weighted by Crippen LogP contribution is -2.04. The molecule has 0 aliphatic rings. The van der Waals surface area contributed by atoms with E-state index in [1.807, 2.05) is 47.2 Å². The molecule has 0 fully saturated rings. The molecule has 1 heterocycles. The average molecular weight is 659 g/mol. The summed E-state index contributed by atoms with van der Waals surface area (Å²) in [7, 11) is 0. The van der Waals surface area contributed by atoms with Crippen molar-refractivity contribution >= 4 is 29.2 Å². The van der Waals surface area contributed by atoms with Gasteiger partial charge in [-0.05, 0) is 89.5 Å². The number of halogens is 5. The summed E-state index contributed by atoms with van der Waals surface area (Å²) in [5, 5.41) is 10.3. The van der Waals surface area contributed by atoms with Gasteiger partial charge in [0, 0.05) is 28.9 Å². The van der Waals surface area contributed by atoms with Crippen LogP contribution in [0.1, 0.15) is 27.3 Å². The van der Waals surface area contributed by atoms with Gasteiger partial charge in [0.25, 0.3) is 0 Å². The zero-order valence-electron chi connectivity index (χ0n) is 23.8. The molecule has 0 radical (unpaired) electrons. The highest BCUT2D eigenvalue weighted by Gasteiger charge is 2.30. The van der Waals surface area contributed by atoms with Crippen molar-refractivity contribution in [2.45, 2.75) is 12.6 Å². The number of ether oxygens (including phenoxy) is 1. The van der Waals surface area contributed by atoms with E-state index in [2.05, 4.69) is 0 Å². The fraction of sp³-hybridized carbons (Fsp3) is 0.0556. The van der Waals surface area contributed by atoms with E-state index in [-0.39, 0.29) is 11.3 Å². The van der Waals surface area contributed by atoms with Crippen molar-refractivity contribution in [2.75, 3.05) is 0 Å². The van der Waals surface area contributed by atoms with E-state index in [1.165, 1.54) is 12.1 Å². The summed E-state index contributed by atoms with van der Waals surface area (Å²) < 4.78 is 46.7. The quantitative estimate of drug-likeness (QED) is 0.177. The number of imidazole rings is 1. The predicted molar refractivity (Wildman–Crippen MR) is 172 cm³/mol. The number of hydrogen-bond donors (Lipinski definition) is 1. The van der Waals surface area contributed by atoms with Crippen LogP contribution < -0.4 is 4.74 Å². The van der Waals surface area contributed by atoms with Gasteiger partial charge in [-0.2, -0.15) is 13.2 Å². The van der Waals surface area contributed by atoms with Crippen LogP contribution in [-0.2, 0) is 12.6 Å². The van der Waals surface area contributed by atoms with Crippen LogP contribution in [-0.4, -0.2) is 20.6 Å². The molecule has 0 bridgehead atoms. The minimum Gasteiger partial charge on any atom is -0.478 e. The van der Waals surface area contributed by atoms with E-state index in [4.69, 9.17) is 32.9 Å². The molecule has 6 aromatic rings. The molecule has 1 aromatic heterocycles. The fourth-order valence-electron chi connectivity index (χ4n) is 4.94.